The van der Waals surface area contributed by atoms with Crippen LogP contribution in [-0.4, -0.2) is 36.0 Å². The van der Waals surface area contributed by atoms with Crippen molar-refractivity contribution in [1.82, 2.24) is 15.3 Å². The van der Waals surface area contributed by atoms with Crippen molar-refractivity contribution < 1.29 is 31.1 Å². The monoisotopic (exact) mass is 503 g/mol. The molecule has 0 radical (unpaired) electrons. The van der Waals surface area contributed by atoms with Crippen molar-refractivity contribution >= 4 is 17.7 Å². The van der Waals surface area contributed by atoms with Crippen molar-refractivity contribution in [2.75, 3.05) is 24.3 Å². The van der Waals surface area contributed by atoms with Crippen LogP contribution in [0.2, 0.25) is 0 Å². The molecular formula is C23H27F6N5O. The molecule has 2 N–H and O–H groups in total. The fraction of sp³-hybridized carbons (Fsp3) is 0.522. The molecule has 1 aromatic carbocycles. The molecule has 35 heavy (non-hydrogen) atoms. The molecule has 2 aromatic rings. The van der Waals surface area contributed by atoms with Crippen LogP contribution in [0, 0.1) is 12.8 Å². The first-order valence-corrected chi connectivity index (χ1v) is 11.1. The van der Waals surface area contributed by atoms with Gasteiger partial charge in [0.1, 0.15) is 5.82 Å². The second-order valence-electron chi connectivity index (χ2n) is 8.91. The molecule has 0 bridgehead atoms. The number of anilines is 2. The minimum atomic E-state index is -4.93. The minimum absolute atomic E-state index is 0.0497. The van der Waals surface area contributed by atoms with E-state index in [1.54, 1.807) is 0 Å². The summed E-state index contributed by atoms with van der Waals surface area (Å²) in [5.74, 6) is 0.482. The summed E-state index contributed by atoms with van der Waals surface area (Å²) in [6.45, 7) is 1.44. The first-order valence-electron chi connectivity index (χ1n) is 11.1. The standard InChI is InChI=1S/C23H27F6N5O/c1-13-8-19(34(2)3)33-21(31-13)32-18-6-4-15(5-7-18)20(35)30-12-14-9-16(22(24,25)26)11-17(10-14)23(27,28)29/h8-11,15,18H,4-7,12H2,1-3H3,(H,30,35)(H,31,32,33)/t15-,18+. The predicted octanol–water partition coefficient (Wildman–Crippen LogP) is 5.18. The van der Waals surface area contributed by atoms with Crippen molar-refractivity contribution in [3.05, 3.63) is 46.6 Å². The lowest BCUT2D eigenvalue weighted by molar-refractivity contribution is -0.143. The van der Waals surface area contributed by atoms with E-state index in [1.807, 2.05) is 32.0 Å². The van der Waals surface area contributed by atoms with Gasteiger partial charge in [-0.2, -0.15) is 31.3 Å². The summed E-state index contributed by atoms with van der Waals surface area (Å²) in [5.41, 5.74) is -2.26. The topological polar surface area (TPSA) is 70.2 Å². The quantitative estimate of drug-likeness (QED) is 0.532. The number of nitrogens with zero attached hydrogens (tertiary/aromatic N) is 3. The molecule has 1 fully saturated rings. The first kappa shape index (κ1) is 26.6. The lowest BCUT2D eigenvalue weighted by Gasteiger charge is -2.28. The fourth-order valence-corrected chi connectivity index (χ4v) is 3.98. The van der Waals surface area contributed by atoms with Crippen molar-refractivity contribution in [1.29, 1.82) is 0 Å². The second kappa shape index (κ2) is 10.3. The SMILES string of the molecule is Cc1cc(N(C)C)nc(N[C@H]2CC[C@@H](C(=O)NCc3cc(C(F)(F)F)cc(C(F)(F)F)c3)CC2)n1. The summed E-state index contributed by atoms with van der Waals surface area (Å²) >= 11 is 0. The molecule has 0 unspecified atom stereocenters. The molecule has 0 atom stereocenters. The highest BCUT2D eigenvalue weighted by Crippen LogP contribution is 2.36. The van der Waals surface area contributed by atoms with Gasteiger partial charge in [0.2, 0.25) is 11.9 Å². The average Bonchev–Trinajstić information content (AvgIpc) is 2.76. The van der Waals surface area contributed by atoms with E-state index in [0.717, 1.165) is 11.5 Å². The molecule has 1 amide bonds. The van der Waals surface area contributed by atoms with Crippen LogP contribution in [0.1, 0.15) is 48.1 Å². The number of carbonyl (C=O) groups is 1. The highest BCUT2D eigenvalue weighted by Gasteiger charge is 2.37. The molecule has 3 rings (SSSR count). The Morgan fingerprint density at radius 3 is 2.03 bits per heavy atom. The zero-order valence-electron chi connectivity index (χ0n) is 19.5. The Morgan fingerprint density at radius 1 is 0.943 bits per heavy atom. The average molecular weight is 503 g/mol. The van der Waals surface area contributed by atoms with Gasteiger partial charge < -0.3 is 15.5 Å². The Hall–Kier alpha value is -3.05. The van der Waals surface area contributed by atoms with E-state index >= 15 is 0 Å². The largest absolute Gasteiger partial charge is 0.416 e. The number of benzene rings is 1. The summed E-state index contributed by atoms with van der Waals surface area (Å²) in [4.78, 5) is 23.3. The van der Waals surface area contributed by atoms with Crippen LogP contribution in [-0.2, 0) is 23.7 Å². The van der Waals surface area contributed by atoms with E-state index < -0.39 is 35.9 Å². The van der Waals surface area contributed by atoms with E-state index in [1.165, 1.54) is 0 Å². The maximum atomic E-state index is 13.0. The number of nitrogens with one attached hydrogen (secondary N) is 2. The number of carbonyl (C=O) groups excluding carboxylic acids is 1. The predicted molar refractivity (Wildman–Crippen MR) is 119 cm³/mol. The van der Waals surface area contributed by atoms with Crippen LogP contribution < -0.4 is 15.5 Å². The van der Waals surface area contributed by atoms with E-state index in [0.29, 0.717) is 43.8 Å². The van der Waals surface area contributed by atoms with Gasteiger partial charge in [0.05, 0.1) is 11.1 Å². The van der Waals surface area contributed by atoms with Gasteiger partial charge in [0.25, 0.3) is 0 Å². The molecule has 1 aliphatic carbocycles. The number of rotatable bonds is 6. The third-order valence-corrected chi connectivity index (χ3v) is 5.84. The maximum Gasteiger partial charge on any atom is 0.416 e. The lowest BCUT2D eigenvalue weighted by Crippen LogP contribution is -2.36. The molecule has 1 saturated carbocycles. The van der Waals surface area contributed by atoms with Gasteiger partial charge in [0, 0.05) is 44.4 Å². The van der Waals surface area contributed by atoms with E-state index in [2.05, 4.69) is 20.6 Å². The Kier molecular flexibility index (Phi) is 7.80. The van der Waals surface area contributed by atoms with Gasteiger partial charge in [-0.3, -0.25) is 4.79 Å². The van der Waals surface area contributed by atoms with Crippen molar-refractivity contribution in [3.63, 3.8) is 0 Å². The molecule has 6 nitrogen and oxygen atoms in total. The fourth-order valence-electron chi connectivity index (χ4n) is 3.98. The van der Waals surface area contributed by atoms with Crippen LogP contribution in [0.4, 0.5) is 38.1 Å². The molecule has 192 valence electrons. The van der Waals surface area contributed by atoms with Gasteiger partial charge >= 0.3 is 12.4 Å². The van der Waals surface area contributed by atoms with Crippen molar-refractivity contribution in [3.8, 4) is 0 Å². The van der Waals surface area contributed by atoms with Gasteiger partial charge in [-0.1, -0.05) is 0 Å². The molecule has 1 aromatic heterocycles. The van der Waals surface area contributed by atoms with E-state index in [-0.39, 0.29) is 23.6 Å². The van der Waals surface area contributed by atoms with Crippen LogP contribution in [0.15, 0.2) is 24.3 Å². The lowest BCUT2D eigenvalue weighted by atomic mass is 9.85. The van der Waals surface area contributed by atoms with Crippen LogP contribution in [0.25, 0.3) is 0 Å². The number of hydrogen-bond donors (Lipinski definition) is 2. The van der Waals surface area contributed by atoms with Crippen LogP contribution >= 0.6 is 0 Å². The number of aromatic nitrogens is 2. The van der Waals surface area contributed by atoms with Gasteiger partial charge in [0.15, 0.2) is 0 Å². The zero-order chi connectivity index (χ0) is 26.0. The van der Waals surface area contributed by atoms with Crippen LogP contribution in [0.5, 0.6) is 0 Å². The summed E-state index contributed by atoms with van der Waals surface area (Å²) in [5, 5.41) is 5.77. The summed E-state index contributed by atoms with van der Waals surface area (Å²) in [6.07, 6.45) is -7.53. The number of amides is 1. The molecular weight excluding hydrogens is 476 g/mol. The van der Waals surface area contributed by atoms with Gasteiger partial charge in [-0.15, -0.1) is 0 Å². The molecule has 0 saturated heterocycles. The van der Waals surface area contributed by atoms with Crippen molar-refractivity contribution in [2.45, 2.75) is 57.5 Å². The smallest absolute Gasteiger partial charge is 0.363 e. The number of alkyl halides is 6. The normalized spacial score (nSPS) is 18.8. The third-order valence-electron chi connectivity index (χ3n) is 5.84. The maximum absolute atomic E-state index is 13.0. The Morgan fingerprint density at radius 2 is 1.51 bits per heavy atom. The van der Waals surface area contributed by atoms with E-state index in [4.69, 9.17) is 0 Å². The number of halogens is 6. The second-order valence-corrected chi connectivity index (χ2v) is 8.91. The first-order chi connectivity index (χ1) is 16.2. The Bertz CT molecular complexity index is 1010. The summed E-state index contributed by atoms with van der Waals surface area (Å²) in [7, 11) is 3.75. The molecule has 0 aliphatic heterocycles. The molecule has 12 heteroatoms. The zero-order valence-corrected chi connectivity index (χ0v) is 19.5. The summed E-state index contributed by atoms with van der Waals surface area (Å²) in [6, 6.07) is 3.22. The number of hydrogen-bond acceptors (Lipinski definition) is 5. The van der Waals surface area contributed by atoms with Gasteiger partial charge in [-0.05, 0) is 56.4 Å². The minimum Gasteiger partial charge on any atom is -0.363 e. The molecule has 0 spiro atoms. The Labute approximate surface area is 199 Å². The highest BCUT2D eigenvalue weighted by molar-refractivity contribution is 5.78. The highest BCUT2D eigenvalue weighted by atomic mass is 19.4. The Balaban J connectivity index is 1.57. The van der Waals surface area contributed by atoms with E-state index in [9.17, 15) is 31.1 Å². The third kappa shape index (κ3) is 7.22. The van der Waals surface area contributed by atoms with Crippen LogP contribution in [0.3, 0.4) is 0 Å². The van der Waals surface area contributed by atoms with Gasteiger partial charge in [-0.25, -0.2) is 4.98 Å². The molecule has 1 aliphatic rings. The molecule has 1 heterocycles. The summed E-state index contributed by atoms with van der Waals surface area (Å²) < 4.78 is 78.2. The number of aryl methyl sites for hydroxylation is 1. The van der Waals surface area contributed by atoms with Crippen molar-refractivity contribution in [2.24, 2.45) is 5.92 Å².